The second-order valence-electron chi connectivity index (χ2n) is 5.96. The van der Waals surface area contributed by atoms with Crippen LogP contribution in [0.25, 0.3) is 0 Å². The van der Waals surface area contributed by atoms with Gasteiger partial charge in [0.1, 0.15) is 5.01 Å². The number of likely N-dealkylation sites (tertiary alicyclic amines) is 1. The van der Waals surface area contributed by atoms with Crippen LogP contribution < -0.4 is 5.32 Å². The van der Waals surface area contributed by atoms with E-state index in [0.717, 1.165) is 12.2 Å². The van der Waals surface area contributed by atoms with Crippen LogP contribution in [0.5, 0.6) is 0 Å². The Bertz CT molecular complexity index is 402. The van der Waals surface area contributed by atoms with E-state index in [0.29, 0.717) is 6.04 Å². The van der Waals surface area contributed by atoms with Gasteiger partial charge in [0, 0.05) is 23.7 Å². The lowest BCUT2D eigenvalue weighted by Gasteiger charge is -2.34. The molecule has 19 heavy (non-hydrogen) atoms. The molecule has 0 amide bonds. The summed E-state index contributed by atoms with van der Waals surface area (Å²) in [5.41, 5.74) is 1.25. The zero-order valence-corrected chi connectivity index (χ0v) is 13.5. The quantitative estimate of drug-likeness (QED) is 0.919. The largest absolute Gasteiger partial charge is 0.304 e. The molecule has 0 saturated carbocycles. The summed E-state index contributed by atoms with van der Waals surface area (Å²) >= 11 is 1.82. The van der Waals surface area contributed by atoms with Crippen LogP contribution in [0.4, 0.5) is 0 Å². The van der Waals surface area contributed by atoms with Crippen LogP contribution in [0.3, 0.4) is 0 Å². The van der Waals surface area contributed by atoms with Gasteiger partial charge >= 0.3 is 0 Å². The molecular weight excluding hydrogens is 254 g/mol. The third-order valence-corrected chi connectivity index (χ3v) is 5.14. The molecule has 108 valence electrons. The molecule has 0 spiro atoms. The minimum absolute atomic E-state index is 0.0943. The summed E-state index contributed by atoms with van der Waals surface area (Å²) in [7, 11) is 0. The number of hydrogen-bond acceptors (Lipinski definition) is 4. The third kappa shape index (κ3) is 3.56. The first-order valence-electron chi connectivity index (χ1n) is 7.48. The molecule has 0 aliphatic carbocycles. The molecule has 1 N–H and O–H groups in total. The number of rotatable bonds is 4. The topological polar surface area (TPSA) is 28.2 Å². The van der Waals surface area contributed by atoms with Gasteiger partial charge in [-0.2, -0.15) is 0 Å². The Kier molecular flexibility index (Phi) is 4.98. The second kappa shape index (κ2) is 6.33. The van der Waals surface area contributed by atoms with Gasteiger partial charge < -0.3 is 10.2 Å². The number of nitrogens with zero attached hydrogens (tertiary/aromatic N) is 2. The molecule has 1 aromatic heterocycles. The smallest absolute Gasteiger partial charge is 0.113 e. The van der Waals surface area contributed by atoms with E-state index in [4.69, 9.17) is 4.98 Å². The van der Waals surface area contributed by atoms with Crippen LogP contribution in [-0.4, -0.2) is 35.6 Å². The van der Waals surface area contributed by atoms with Gasteiger partial charge in [-0.15, -0.1) is 11.3 Å². The molecule has 1 aliphatic heterocycles. The Morgan fingerprint density at radius 1 is 1.42 bits per heavy atom. The second-order valence-corrected chi connectivity index (χ2v) is 6.82. The minimum Gasteiger partial charge on any atom is -0.304 e. The van der Waals surface area contributed by atoms with E-state index in [1.807, 2.05) is 11.3 Å². The molecule has 0 aromatic carbocycles. The first kappa shape index (κ1) is 14.9. The van der Waals surface area contributed by atoms with E-state index >= 15 is 0 Å². The molecule has 1 saturated heterocycles. The van der Waals surface area contributed by atoms with Gasteiger partial charge in [-0.3, -0.25) is 0 Å². The first-order valence-corrected chi connectivity index (χ1v) is 8.36. The van der Waals surface area contributed by atoms with Crippen molar-refractivity contribution in [2.24, 2.45) is 0 Å². The highest BCUT2D eigenvalue weighted by atomic mass is 32.1. The van der Waals surface area contributed by atoms with Gasteiger partial charge in [0.2, 0.25) is 0 Å². The molecule has 1 aromatic rings. The summed E-state index contributed by atoms with van der Waals surface area (Å²) in [6, 6.07) is 0.498. The lowest BCUT2D eigenvalue weighted by atomic mass is 9.90. The van der Waals surface area contributed by atoms with Crippen molar-refractivity contribution in [2.45, 2.75) is 58.5 Å². The van der Waals surface area contributed by atoms with Crippen molar-refractivity contribution < 1.29 is 0 Å². The lowest BCUT2D eigenvalue weighted by molar-refractivity contribution is 0.250. The lowest BCUT2D eigenvalue weighted by Crippen LogP contribution is -2.46. The monoisotopic (exact) mass is 281 g/mol. The molecule has 1 fully saturated rings. The molecule has 4 heteroatoms. The summed E-state index contributed by atoms with van der Waals surface area (Å²) in [6.07, 6.45) is 3.63. The van der Waals surface area contributed by atoms with E-state index < -0.39 is 0 Å². The van der Waals surface area contributed by atoms with Crippen molar-refractivity contribution in [2.75, 3.05) is 19.6 Å². The average Bonchev–Trinajstić information content (AvgIpc) is 2.69. The Hall–Kier alpha value is -0.450. The van der Waals surface area contributed by atoms with Crippen molar-refractivity contribution in [1.82, 2.24) is 15.2 Å². The predicted octanol–water partition coefficient (Wildman–Crippen LogP) is 3.15. The summed E-state index contributed by atoms with van der Waals surface area (Å²) < 4.78 is 0. The van der Waals surface area contributed by atoms with E-state index in [1.54, 1.807) is 0 Å². The maximum Gasteiger partial charge on any atom is 0.113 e. The van der Waals surface area contributed by atoms with Crippen molar-refractivity contribution in [1.29, 1.82) is 0 Å². The third-order valence-electron chi connectivity index (χ3n) is 3.97. The number of hydrogen-bond donors (Lipinski definition) is 1. The Morgan fingerprint density at radius 3 is 2.79 bits per heavy atom. The number of nitrogens with one attached hydrogen (secondary N) is 1. The minimum atomic E-state index is 0.0943. The molecule has 3 nitrogen and oxygen atoms in total. The van der Waals surface area contributed by atoms with Crippen molar-refractivity contribution in [3.63, 3.8) is 0 Å². The van der Waals surface area contributed by atoms with Crippen LogP contribution in [0, 0.1) is 6.92 Å². The Balaban J connectivity index is 2.24. The standard InChI is InChI=1S/C15H27N3S/c1-5-18-9-6-7-15(8-10-18,17-12(2)3)14-16-13(4)11-19-14/h11-12,17H,5-10H2,1-4H3. The van der Waals surface area contributed by atoms with Gasteiger partial charge in [0.05, 0.1) is 5.54 Å². The molecule has 2 heterocycles. The molecule has 1 unspecified atom stereocenters. The van der Waals surface area contributed by atoms with E-state index in [9.17, 15) is 0 Å². The highest BCUT2D eigenvalue weighted by Gasteiger charge is 2.36. The van der Waals surface area contributed by atoms with Crippen molar-refractivity contribution in [3.05, 3.63) is 16.1 Å². The van der Waals surface area contributed by atoms with E-state index in [1.165, 1.54) is 37.4 Å². The van der Waals surface area contributed by atoms with Crippen LogP contribution in [-0.2, 0) is 5.54 Å². The van der Waals surface area contributed by atoms with Crippen LogP contribution in [0.15, 0.2) is 5.38 Å². The zero-order valence-electron chi connectivity index (χ0n) is 12.7. The summed E-state index contributed by atoms with van der Waals surface area (Å²) in [6.45, 7) is 12.4. The molecule has 1 aliphatic rings. The maximum absolute atomic E-state index is 4.79. The van der Waals surface area contributed by atoms with Crippen LogP contribution in [0.2, 0.25) is 0 Å². The van der Waals surface area contributed by atoms with Crippen LogP contribution >= 0.6 is 11.3 Å². The summed E-state index contributed by atoms with van der Waals surface area (Å²) in [5, 5.41) is 7.30. The summed E-state index contributed by atoms with van der Waals surface area (Å²) in [5.74, 6) is 0. The summed E-state index contributed by atoms with van der Waals surface area (Å²) in [4.78, 5) is 7.35. The van der Waals surface area contributed by atoms with E-state index in [2.05, 4.69) is 43.3 Å². The van der Waals surface area contributed by atoms with Gasteiger partial charge in [-0.05, 0) is 53.1 Å². The first-order chi connectivity index (χ1) is 9.05. The number of aryl methyl sites for hydroxylation is 1. The van der Waals surface area contributed by atoms with Crippen molar-refractivity contribution in [3.8, 4) is 0 Å². The molecule has 2 rings (SSSR count). The SMILES string of the molecule is CCN1CCCC(NC(C)C)(c2nc(C)cs2)CC1. The zero-order chi connectivity index (χ0) is 13.9. The Labute approximate surface area is 121 Å². The fraction of sp³-hybridized carbons (Fsp3) is 0.800. The molecule has 0 radical (unpaired) electrons. The van der Waals surface area contributed by atoms with Gasteiger partial charge in [-0.25, -0.2) is 4.98 Å². The average molecular weight is 281 g/mol. The van der Waals surface area contributed by atoms with E-state index in [-0.39, 0.29) is 5.54 Å². The fourth-order valence-electron chi connectivity index (χ4n) is 3.05. The van der Waals surface area contributed by atoms with Gasteiger partial charge in [0.25, 0.3) is 0 Å². The van der Waals surface area contributed by atoms with Gasteiger partial charge in [0.15, 0.2) is 0 Å². The van der Waals surface area contributed by atoms with Crippen molar-refractivity contribution >= 4 is 11.3 Å². The Morgan fingerprint density at radius 2 is 2.21 bits per heavy atom. The molecule has 1 atom stereocenters. The van der Waals surface area contributed by atoms with Gasteiger partial charge in [-0.1, -0.05) is 6.92 Å². The highest BCUT2D eigenvalue weighted by molar-refractivity contribution is 7.09. The maximum atomic E-state index is 4.79. The predicted molar refractivity (Wildman–Crippen MR) is 82.8 cm³/mol. The fourth-order valence-corrected chi connectivity index (χ4v) is 4.07. The molecular formula is C15H27N3S. The highest BCUT2D eigenvalue weighted by Crippen LogP contribution is 2.35. The molecule has 0 bridgehead atoms. The number of thiazole rings is 1. The van der Waals surface area contributed by atoms with Crippen LogP contribution in [0.1, 0.15) is 50.7 Å². The normalized spacial score (nSPS) is 25.7. The number of aromatic nitrogens is 1.